The van der Waals surface area contributed by atoms with Gasteiger partial charge in [-0.2, -0.15) is 0 Å². The molecule has 10 heteroatoms. The summed E-state index contributed by atoms with van der Waals surface area (Å²) in [5.74, 6) is 1.44. The molecule has 0 radical (unpaired) electrons. The first-order chi connectivity index (χ1) is 16.9. The molecule has 2 unspecified atom stereocenters. The Morgan fingerprint density at radius 3 is 2.63 bits per heavy atom. The van der Waals surface area contributed by atoms with Crippen LogP contribution in [-0.4, -0.2) is 61.1 Å². The van der Waals surface area contributed by atoms with E-state index in [0.29, 0.717) is 23.8 Å². The molecule has 4 aromatic rings. The fraction of sp³-hybridized carbons (Fsp3) is 0.440. The van der Waals surface area contributed by atoms with Crippen molar-refractivity contribution in [1.29, 1.82) is 0 Å². The third-order valence-electron chi connectivity index (χ3n) is 7.10. The lowest BCUT2D eigenvalue weighted by Gasteiger charge is -2.56. The summed E-state index contributed by atoms with van der Waals surface area (Å²) >= 11 is 1.50. The highest BCUT2D eigenvalue weighted by molar-refractivity contribution is 7.21. The number of aromatic nitrogens is 5. The van der Waals surface area contributed by atoms with Crippen molar-refractivity contribution in [3.05, 3.63) is 42.2 Å². The van der Waals surface area contributed by atoms with Gasteiger partial charge >= 0.3 is 0 Å². The topological polar surface area (TPSA) is 75.0 Å². The van der Waals surface area contributed by atoms with Crippen molar-refractivity contribution in [3.63, 3.8) is 0 Å². The number of nitrogens with zero attached hydrogens (tertiary/aromatic N) is 7. The van der Waals surface area contributed by atoms with Crippen LogP contribution in [0.4, 0.5) is 21.8 Å². The molecular formula is C25H29FN8S. The van der Waals surface area contributed by atoms with Crippen LogP contribution in [0.3, 0.4) is 0 Å². The SMILES string of the molecule is CCN1C2CC1CN(c1ccc(Nc3ncc(F)c(-c4cc5nc(C)n(C(C)C)c5s4)n3)nc1)C2. The summed E-state index contributed by atoms with van der Waals surface area (Å²) in [6, 6.07) is 7.49. The second kappa shape index (κ2) is 8.53. The van der Waals surface area contributed by atoms with Gasteiger partial charge in [0, 0.05) is 31.2 Å². The normalized spacial score (nSPS) is 20.0. The second-order valence-electron chi connectivity index (χ2n) is 9.62. The number of nitrogens with one attached hydrogen (secondary N) is 1. The van der Waals surface area contributed by atoms with E-state index in [0.717, 1.165) is 46.4 Å². The zero-order valence-electron chi connectivity index (χ0n) is 20.4. The molecule has 7 heterocycles. The van der Waals surface area contributed by atoms with Crippen LogP contribution in [0.5, 0.6) is 0 Å². The molecule has 3 fully saturated rings. The molecule has 3 saturated heterocycles. The summed E-state index contributed by atoms with van der Waals surface area (Å²) < 4.78 is 16.9. The van der Waals surface area contributed by atoms with Crippen LogP contribution in [-0.2, 0) is 0 Å². The fourth-order valence-electron chi connectivity index (χ4n) is 5.50. The number of rotatable bonds is 6. The molecule has 8 nitrogen and oxygen atoms in total. The number of imidazole rings is 1. The first-order valence-electron chi connectivity index (χ1n) is 12.2. The summed E-state index contributed by atoms with van der Waals surface area (Å²) in [5.41, 5.74) is 2.25. The van der Waals surface area contributed by atoms with Crippen LogP contribution < -0.4 is 10.2 Å². The molecule has 4 aromatic heterocycles. The number of halogens is 1. The maximum absolute atomic E-state index is 14.7. The van der Waals surface area contributed by atoms with E-state index >= 15 is 0 Å². The zero-order chi connectivity index (χ0) is 24.3. The number of thiophene rings is 1. The Morgan fingerprint density at radius 2 is 1.94 bits per heavy atom. The minimum absolute atomic E-state index is 0.267. The molecule has 0 spiro atoms. The summed E-state index contributed by atoms with van der Waals surface area (Å²) in [6.45, 7) is 11.7. The van der Waals surface area contributed by atoms with Gasteiger partial charge in [-0.15, -0.1) is 11.3 Å². The summed E-state index contributed by atoms with van der Waals surface area (Å²) in [4.78, 5) is 24.6. The van der Waals surface area contributed by atoms with Crippen molar-refractivity contribution in [2.45, 2.75) is 52.2 Å². The van der Waals surface area contributed by atoms with Crippen molar-refractivity contribution in [2.75, 3.05) is 29.9 Å². The summed E-state index contributed by atoms with van der Waals surface area (Å²) in [6.07, 6.45) is 4.40. The maximum atomic E-state index is 14.7. The van der Waals surface area contributed by atoms with Gasteiger partial charge in [-0.25, -0.2) is 24.3 Å². The predicted molar refractivity (Wildman–Crippen MR) is 138 cm³/mol. The molecule has 3 aliphatic heterocycles. The largest absolute Gasteiger partial charge is 0.367 e. The van der Waals surface area contributed by atoms with Gasteiger partial charge in [-0.3, -0.25) is 4.90 Å². The maximum Gasteiger partial charge on any atom is 0.229 e. The number of aryl methyl sites for hydroxylation is 1. The molecule has 3 aliphatic rings. The highest BCUT2D eigenvalue weighted by Crippen LogP contribution is 2.36. The Morgan fingerprint density at radius 1 is 1.14 bits per heavy atom. The highest BCUT2D eigenvalue weighted by Gasteiger charge is 2.43. The molecular weight excluding hydrogens is 463 g/mol. The van der Waals surface area contributed by atoms with E-state index in [-0.39, 0.29) is 11.7 Å². The van der Waals surface area contributed by atoms with Gasteiger partial charge in [0.15, 0.2) is 5.82 Å². The summed E-state index contributed by atoms with van der Waals surface area (Å²) in [7, 11) is 0. The van der Waals surface area contributed by atoms with Gasteiger partial charge in [-0.05, 0) is 51.9 Å². The first kappa shape index (κ1) is 22.4. The molecule has 2 bridgehead atoms. The number of likely N-dealkylation sites (N-methyl/N-ethyl adjacent to an activating group) is 1. The van der Waals surface area contributed by atoms with E-state index in [4.69, 9.17) is 0 Å². The average molecular weight is 493 g/mol. The predicted octanol–water partition coefficient (Wildman–Crippen LogP) is 5.00. The van der Waals surface area contributed by atoms with Crippen molar-refractivity contribution in [1.82, 2.24) is 29.4 Å². The number of piperazine rings is 1. The molecule has 0 aliphatic carbocycles. The molecule has 0 saturated carbocycles. The van der Waals surface area contributed by atoms with Gasteiger partial charge in [0.1, 0.15) is 27.7 Å². The van der Waals surface area contributed by atoms with Crippen LogP contribution in [0.2, 0.25) is 0 Å². The van der Waals surface area contributed by atoms with Gasteiger partial charge in [0.25, 0.3) is 0 Å². The van der Waals surface area contributed by atoms with E-state index in [1.54, 1.807) is 0 Å². The lowest BCUT2D eigenvalue weighted by Crippen LogP contribution is -2.68. The summed E-state index contributed by atoms with van der Waals surface area (Å²) in [5, 5.41) is 3.13. The standard InChI is InChI=1S/C25H29FN8S/c1-5-33-17-8-18(33)13-32(12-17)16-6-7-22(27-10-16)30-25-28-11-19(26)23(31-25)21-9-20-24(35-21)34(14(2)3)15(4)29-20/h6-7,9-11,14,17-18H,5,8,12-13H2,1-4H3,(H,27,28,30,31). The van der Waals surface area contributed by atoms with Gasteiger partial charge in [0.05, 0.1) is 23.0 Å². The van der Waals surface area contributed by atoms with E-state index in [2.05, 4.69) is 66.5 Å². The molecule has 0 amide bonds. The monoisotopic (exact) mass is 492 g/mol. The molecule has 7 rings (SSSR count). The van der Waals surface area contributed by atoms with Crippen LogP contribution in [0, 0.1) is 12.7 Å². The van der Waals surface area contributed by atoms with Gasteiger partial charge in [0.2, 0.25) is 5.95 Å². The number of hydrogen-bond donors (Lipinski definition) is 1. The Bertz CT molecular complexity index is 1370. The minimum Gasteiger partial charge on any atom is -0.367 e. The Labute approximate surface area is 207 Å². The number of hydrogen-bond acceptors (Lipinski definition) is 8. The van der Waals surface area contributed by atoms with Crippen LogP contribution in [0.25, 0.3) is 20.9 Å². The highest BCUT2D eigenvalue weighted by atomic mass is 32.1. The smallest absolute Gasteiger partial charge is 0.229 e. The molecule has 2 atom stereocenters. The molecule has 0 aromatic carbocycles. The van der Waals surface area contributed by atoms with Crippen LogP contribution in [0.15, 0.2) is 30.6 Å². The van der Waals surface area contributed by atoms with Gasteiger partial charge < -0.3 is 14.8 Å². The van der Waals surface area contributed by atoms with Crippen molar-refractivity contribution in [3.8, 4) is 10.6 Å². The zero-order valence-corrected chi connectivity index (χ0v) is 21.2. The third-order valence-corrected chi connectivity index (χ3v) is 8.23. The lowest BCUT2D eigenvalue weighted by molar-refractivity contribution is 0.00463. The van der Waals surface area contributed by atoms with E-state index < -0.39 is 5.82 Å². The van der Waals surface area contributed by atoms with Crippen LogP contribution in [0.1, 0.15) is 39.1 Å². The molecule has 35 heavy (non-hydrogen) atoms. The minimum atomic E-state index is -0.458. The second-order valence-corrected chi connectivity index (χ2v) is 10.7. The Hall–Kier alpha value is -3.11. The van der Waals surface area contributed by atoms with Gasteiger partial charge in [-0.1, -0.05) is 6.92 Å². The van der Waals surface area contributed by atoms with E-state index in [1.165, 1.54) is 24.0 Å². The first-order valence-corrected chi connectivity index (χ1v) is 13.0. The number of anilines is 3. The Kier molecular flexibility index (Phi) is 5.45. The van der Waals surface area contributed by atoms with E-state index in [9.17, 15) is 4.39 Å². The average Bonchev–Trinajstić information content (AvgIpc) is 3.37. The van der Waals surface area contributed by atoms with Crippen LogP contribution >= 0.6 is 11.3 Å². The number of pyridine rings is 1. The number of piperidine rings is 1. The molecule has 1 N–H and O–H groups in total. The fourth-order valence-corrected chi connectivity index (χ4v) is 6.77. The van der Waals surface area contributed by atoms with Crippen molar-refractivity contribution < 1.29 is 4.39 Å². The van der Waals surface area contributed by atoms with E-state index in [1.807, 2.05) is 25.3 Å². The number of fused-ring (bicyclic) bond motifs is 3. The Balaban J connectivity index is 1.21. The third kappa shape index (κ3) is 3.84. The lowest BCUT2D eigenvalue weighted by atomic mass is 9.87. The van der Waals surface area contributed by atoms with Crippen molar-refractivity contribution in [2.24, 2.45) is 0 Å². The molecule has 182 valence electrons. The van der Waals surface area contributed by atoms with Crippen molar-refractivity contribution >= 4 is 39.1 Å². The quantitative estimate of drug-likeness (QED) is 0.406.